The smallest absolute Gasteiger partial charge is 0.340 e. The highest BCUT2D eigenvalue weighted by Gasteiger charge is 2.20. The van der Waals surface area contributed by atoms with E-state index in [0.717, 1.165) is 11.8 Å². The number of hydrogen-bond acceptors (Lipinski definition) is 6. The molecule has 0 atom stereocenters. The monoisotopic (exact) mass is 318 g/mol. The van der Waals surface area contributed by atoms with Gasteiger partial charge >= 0.3 is 5.97 Å². The van der Waals surface area contributed by atoms with Gasteiger partial charge in [0.05, 0.1) is 16.7 Å². The van der Waals surface area contributed by atoms with Crippen LogP contribution in [0, 0.1) is 13.8 Å². The maximum Gasteiger partial charge on any atom is 0.340 e. The van der Waals surface area contributed by atoms with Crippen molar-refractivity contribution in [1.82, 2.24) is 9.97 Å². The van der Waals surface area contributed by atoms with E-state index in [-0.39, 0.29) is 17.1 Å². The predicted octanol–water partition coefficient (Wildman–Crippen LogP) is 1.71. The molecule has 0 aliphatic carbocycles. The van der Waals surface area contributed by atoms with Gasteiger partial charge in [-0.05, 0) is 27.7 Å². The number of aryl methyl sites for hydroxylation is 2. The molecular weight excluding hydrogens is 300 g/mol. The summed E-state index contributed by atoms with van der Waals surface area (Å²) in [6, 6.07) is 0. The molecule has 0 saturated carbocycles. The quantitative estimate of drug-likeness (QED) is 0.630. The molecule has 0 aromatic carbocycles. The van der Waals surface area contributed by atoms with Crippen molar-refractivity contribution in [1.29, 1.82) is 0 Å². The molecule has 0 aliphatic rings. The summed E-state index contributed by atoms with van der Waals surface area (Å²) < 4.78 is 23.4. The van der Waals surface area contributed by atoms with Crippen LogP contribution in [0.4, 0.5) is 0 Å². The molecule has 112 valence electrons. The molecule has 1 rings (SSSR count). The van der Waals surface area contributed by atoms with Crippen molar-refractivity contribution in [3.63, 3.8) is 0 Å². The zero-order valence-corrected chi connectivity index (χ0v) is 13.5. The molecule has 0 aliphatic heterocycles. The van der Waals surface area contributed by atoms with Crippen LogP contribution in [0.3, 0.4) is 0 Å². The number of thioether (sulfide) groups is 1. The van der Waals surface area contributed by atoms with E-state index >= 15 is 0 Å². The van der Waals surface area contributed by atoms with E-state index in [0.29, 0.717) is 16.5 Å². The van der Waals surface area contributed by atoms with Crippen LogP contribution in [-0.2, 0) is 9.84 Å². The van der Waals surface area contributed by atoms with Crippen LogP contribution in [0.5, 0.6) is 0 Å². The zero-order chi connectivity index (χ0) is 15.5. The fourth-order valence-corrected chi connectivity index (χ4v) is 4.03. The largest absolute Gasteiger partial charge is 0.478 e. The van der Waals surface area contributed by atoms with Crippen LogP contribution < -0.4 is 0 Å². The minimum Gasteiger partial charge on any atom is -0.478 e. The average Bonchev–Trinajstić information content (AvgIpc) is 2.26. The second-order valence-corrected chi connectivity index (χ2v) is 8.37. The van der Waals surface area contributed by atoms with Crippen LogP contribution >= 0.6 is 11.8 Å². The average molecular weight is 318 g/mol. The molecule has 8 heteroatoms. The second-order valence-electron chi connectivity index (χ2n) is 4.61. The standard InChI is InChI=1S/C12H18N2O4S2/c1-7(2)20(17,18)6-5-19-11-10(12(15)16)8(3)13-9(4)14-11/h7H,5-6H2,1-4H3,(H,15,16). The number of nitrogens with zero attached hydrogens (tertiary/aromatic N) is 2. The van der Waals surface area contributed by atoms with Crippen molar-refractivity contribution in [2.24, 2.45) is 0 Å². The molecule has 1 aromatic rings. The van der Waals surface area contributed by atoms with E-state index in [4.69, 9.17) is 0 Å². The summed E-state index contributed by atoms with van der Waals surface area (Å²) in [5.74, 6) is -0.355. The van der Waals surface area contributed by atoms with Crippen molar-refractivity contribution < 1.29 is 18.3 Å². The number of aromatic nitrogens is 2. The zero-order valence-electron chi connectivity index (χ0n) is 11.9. The van der Waals surface area contributed by atoms with E-state index in [9.17, 15) is 18.3 Å². The van der Waals surface area contributed by atoms with Gasteiger partial charge in [0.2, 0.25) is 0 Å². The molecule has 6 nitrogen and oxygen atoms in total. The van der Waals surface area contributed by atoms with E-state index in [1.165, 1.54) is 0 Å². The summed E-state index contributed by atoms with van der Waals surface area (Å²) in [4.78, 5) is 19.3. The van der Waals surface area contributed by atoms with E-state index in [1.54, 1.807) is 27.7 Å². The Bertz CT molecular complexity index is 612. The number of rotatable bonds is 6. The number of aromatic carboxylic acids is 1. The lowest BCUT2D eigenvalue weighted by Gasteiger charge is -2.10. The lowest BCUT2D eigenvalue weighted by atomic mass is 10.2. The summed E-state index contributed by atoms with van der Waals surface area (Å²) >= 11 is 1.14. The first kappa shape index (κ1) is 16.9. The molecule has 1 heterocycles. The first-order chi connectivity index (χ1) is 9.15. The summed E-state index contributed by atoms with van der Waals surface area (Å²) in [7, 11) is -3.13. The molecule has 0 saturated heterocycles. The van der Waals surface area contributed by atoms with E-state index in [2.05, 4.69) is 9.97 Å². The third-order valence-electron chi connectivity index (χ3n) is 2.71. The van der Waals surface area contributed by atoms with Crippen molar-refractivity contribution in [3.05, 3.63) is 17.1 Å². The van der Waals surface area contributed by atoms with Gasteiger partial charge < -0.3 is 5.11 Å². The Labute approximate surface area is 122 Å². The fourth-order valence-electron chi connectivity index (χ4n) is 1.52. The summed E-state index contributed by atoms with van der Waals surface area (Å²) in [5.41, 5.74) is 0.432. The Morgan fingerprint density at radius 1 is 1.30 bits per heavy atom. The molecule has 1 aromatic heterocycles. The number of carbonyl (C=O) groups is 1. The van der Waals surface area contributed by atoms with Crippen molar-refractivity contribution in [2.45, 2.75) is 38.0 Å². The van der Waals surface area contributed by atoms with Gasteiger partial charge in [0.15, 0.2) is 9.84 Å². The highest BCUT2D eigenvalue weighted by molar-refractivity contribution is 8.00. The molecule has 0 bridgehead atoms. The lowest BCUT2D eigenvalue weighted by Crippen LogP contribution is -2.19. The number of hydrogen-bond donors (Lipinski definition) is 1. The minimum atomic E-state index is -3.13. The molecule has 1 N–H and O–H groups in total. The molecule has 0 unspecified atom stereocenters. The molecular formula is C12H18N2O4S2. The number of sulfone groups is 1. The fraction of sp³-hybridized carbons (Fsp3) is 0.583. The lowest BCUT2D eigenvalue weighted by molar-refractivity contribution is 0.0690. The molecule has 0 fully saturated rings. The molecule has 0 spiro atoms. The topological polar surface area (TPSA) is 97.2 Å². The molecule has 0 radical (unpaired) electrons. The highest BCUT2D eigenvalue weighted by atomic mass is 32.2. The maximum absolute atomic E-state index is 11.7. The van der Waals surface area contributed by atoms with Crippen LogP contribution in [-0.4, -0.2) is 46.2 Å². The van der Waals surface area contributed by atoms with Gasteiger partial charge in [-0.3, -0.25) is 0 Å². The van der Waals surface area contributed by atoms with Gasteiger partial charge in [-0.15, -0.1) is 11.8 Å². The van der Waals surface area contributed by atoms with Gasteiger partial charge in [0.25, 0.3) is 0 Å². The van der Waals surface area contributed by atoms with Crippen LogP contribution in [0.15, 0.2) is 5.03 Å². The first-order valence-electron chi connectivity index (χ1n) is 6.08. The van der Waals surface area contributed by atoms with E-state index < -0.39 is 21.1 Å². The maximum atomic E-state index is 11.7. The van der Waals surface area contributed by atoms with Gasteiger partial charge in [-0.1, -0.05) is 0 Å². The Hall–Kier alpha value is -1.15. The van der Waals surface area contributed by atoms with Crippen LogP contribution in [0.25, 0.3) is 0 Å². The van der Waals surface area contributed by atoms with Gasteiger partial charge in [0.1, 0.15) is 16.4 Å². The number of carboxylic acids is 1. The molecule has 20 heavy (non-hydrogen) atoms. The highest BCUT2D eigenvalue weighted by Crippen LogP contribution is 2.23. The normalized spacial score (nSPS) is 11.8. The van der Waals surface area contributed by atoms with Gasteiger partial charge in [-0.25, -0.2) is 23.2 Å². The third kappa shape index (κ3) is 4.17. The Kier molecular flexibility index (Phi) is 5.52. The minimum absolute atomic E-state index is 0.00348. The third-order valence-corrected chi connectivity index (χ3v) is 6.15. The number of carboxylic acid groups (broad SMARTS) is 1. The first-order valence-corrected chi connectivity index (χ1v) is 8.78. The Morgan fingerprint density at radius 3 is 2.40 bits per heavy atom. The SMILES string of the molecule is Cc1nc(C)c(C(=O)O)c(SCCS(=O)(=O)C(C)C)n1. The van der Waals surface area contributed by atoms with Crippen LogP contribution in [0.1, 0.15) is 35.7 Å². The Morgan fingerprint density at radius 2 is 1.90 bits per heavy atom. The summed E-state index contributed by atoms with van der Waals surface area (Å²) in [5, 5.41) is 9.06. The summed E-state index contributed by atoms with van der Waals surface area (Å²) in [6.07, 6.45) is 0. The van der Waals surface area contributed by atoms with Crippen molar-refractivity contribution >= 4 is 27.6 Å². The van der Waals surface area contributed by atoms with E-state index in [1.807, 2.05) is 0 Å². The van der Waals surface area contributed by atoms with Gasteiger partial charge in [-0.2, -0.15) is 0 Å². The van der Waals surface area contributed by atoms with Gasteiger partial charge in [0, 0.05) is 5.75 Å². The second kappa shape index (κ2) is 6.53. The van der Waals surface area contributed by atoms with Crippen molar-refractivity contribution in [2.75, 3.05) is 11.5 Å². The summed E-state index contributed by atoms with van der Waals surface area (Å²) in [6.45, 7) is 6.53. The Balaban J connectivity index is 2.91. The van der Waals surface area contributed by atoms with Crippen LogP contribution in [0.2, 0.25) is 0 Å². The van der Waals surface area contributed by atoms with Crippen molar-refractivity contribution in [3.8, 4) is 0 Å². The predicted molar refractivity (Wildman–Crippen MR) is 78.1 cm³/mol. The molecule has 0 amide bonds.